The molecule has 0 aliphatic heterocycles. The number of aryl methyl sites for hydroxylation is 2. The molecule has 0 aromatic heterocycles. The van der Waals surface area contributed by atoms with Gasteiger partial charge in [0.2, 0.25) is 0 Å². The Kier molecular flexibility index (Phi) is 7.70. The van der Waals surface area contributed by atoms with E-state index in [1.807, 2.05) is 6.08 Å². The summed E-state index contributed by atoms with van der Waals surface area (Å²) in [5.74, 6) is 0. The van der Waals surface area contributed by atoms with Gasteiger partial charge >= 0.3 is 0 Å². The van der Waals surface area contributed by atoms with E-state index in [2.05, 4.69) is 182 Å². The molecule has 0 atom stereocenters. The van der Waals surface area contributed by atoms with Crippen LogP contribution in [0.2, 0.25) is 0 Å². The number of para-hydroxylation sites is 1. The van der Waals surface area contributed by atoms with Crippen molar-refractivity contribution in [2.24, 2.45) is 0 Å². The van der Waals surface area contributed by atoms with Gasteiger partial charge in [0.05, 0.1) is 0 Å². The quantitative estimate of drug-likeness (QED) is 0.189. The average molecular weight is 543 g/mol. The second kappa shape index (κ2) is 12.0. The molecule has 0 saturated heterocycles. The average Bonchev–Trinajstić information content (AvgIpc) is 3.03. The van der Waals surface area contributed by atoms with Crippen LogP contribution in [0.4, 0.5) is 34.1 Å². The Hall–Kier alpha value is -5.34. The smallest absolute Gasteiger partial charge is 0.0464 e. The van der Waals surface area contributed by atoms with E-state index in [-0.39, 0.29) is 0 Å². The third-order valence-electron chi connectivity index (χ3n) is 7.51. The van der Waals surface area contributed by atoms with Gasteiger partial charge in [-0.05, 0) is 114 Å². The standard InChI is InChI=1S/C40H34N2/c1-4-32-16-22-36(23-17-32)42(40-15-9-11-31(3)29-40)38-26-20-34(21-27-38)33-18-24-37(25-19-33)41(35-12-6-5-7-13-35)39-14-8-10-30(2)28-39/h4-29H,1H2,2-3H3. The monoisotopic (exact) mass is 542 g/mol. The summed E-state index contributed by atoms with van der Waals surface area (Å²) >= 11 is 0. The van der Waals surface area contributed by atoms with Crippen LogP contribution in [0.25, 0.3) is 17.2 Å². The number of hydrogen-bond acceptors (Lipinski definition) is 2. The van der Waals surface area contributed by atoms with Crippen LogP contribution in [-0.2, 0) is 0 Å². The third kappa shape index (κ3) is 5.75. The molecule has 204 valence electrons. The molecule has 0 fully saturated rings. The normalized spacial score (nSPS) is 10.7. The first-order chi connectivity index (χ1) is 20.6. The Bertz CT molecular complexity index is 1780. The van der Waals surface area contributed by atoms with Crippen molar-refractivity contribution in [3.05, 3.63) is 175 Å². The van der Waals surface area contributed by atoms with Crippen molar-refractivity contribution in [1.82, 2.24) is 0 Å². The summed E-state index contributed by atoms with van der Waals surface area (Å²) in [6.07, 6.45) is 1.88. The fourth-order valence-corrected chi connectivity index (χ4v) is 5.37. The van der Waals surface area contributed by atoms with E-state index >= 15 is 0 Å². The van der Waals surface area contributed by atoms with Crippen LogP contribution < -0.4 is 9.80 Å². The van der Waals surface area contributed by atoms with Crippen LogP contribution >= 0.6 is 0 Å². The van der Waals surface area contributed by atoms with E-state index in [9.17, 15) is 0 Å². The SMILES string of the molecule is C=Cc1ccc(N(c2ccc(-c3ccc(N(c4ccccc4)c4cccc(C)c4)cc3)cc2)c2cccc(C)c2)cc1. The molecule has 0 N–H and O–H groups in total. The van der Waals surface area contributed by atoms with E-state index in [0.717, 1.165) is 39.7 Å². The Morgan fingerprint density at radius 1 is 0.405 bits per heavy atom. The summed E-state index contributed by atoms with van der Waals surface area (Å²) < 4.78 is 0. The minimum Gasteiger partial charge on any atom is -0.310 e. The molecule has 0 saturated carbocycles. The van der Waals surface area contributed by atoms with Crippen LogP contribution in [0.3, 0.4) is 0 Å². The van der Waals surface area contributed by atoms with Gasteiger partial charge in [0.15, 0.2) is 0 Å². The molecular formula is C40H34N2. The first-order valence-corrected chi connectivity index (χ1v) is 14.3. The summed E-state index contributed by atoms with van der Waals surface area (Å²) in [5, 5.41) is 0. The molecule has 0 heterocycles. The number of hydrogen-bond donors (Lipinski definition) is 0. The van der Waals surface area contributed by atoms with Gasteiger partial charge in [0.25, 0.3) is 0 Å². The van der Waals surface area contributed by atoms with E-state index in [0.29, 0.717) is 0 Å². The first kappa shape index (κ1) is 26.9. The van der Waals surface area contributed by atoms with E-state index in [1.54, 1.807) is 0 Å². The molecule has 2 heteroatoms. The summed E-state index contributed by atoms with van der Waals surface area (Å²) in [6.45, 7) is 8.17. The fourth-order valence-electron chi connectivity index (χ4n) is 5.37. The number of nitrogens with zero attached hydrogens (tertiary/aromatic N) is 2. The molecule has 6 rings (SSSR count). The highest BCUT2D eigenvalue weighted by atomic mass is 15.1. The maximum Gasteiger partial charge on any atom is 0.0464 e. The molecule has 2 nitrogen and oxygen atoms in total. The lowest BCUT2D eigenvalue weighted by molar-refractivity contribution is 1.27. The van der Waals surface area contributed by atoms with Gasteiger partial charge in [0, 0.05) is 34.1 Å². The zero-order valence-electron chi connectivity index (χ0n) is 24.1. The van der Waals surface area contributed by atoms with Crippen LogP contribution in [0.5, 0.6) is 0 Å². The lowest BCUT2D eigenvalue weighted by Gasteiger charge is -2.26. The molecule has 0 bridgehead atoms. The van der Waals surface area contributed by atoms with E-state index < -0.39 is 0 Å². The first-order valence-electron chi connectivity index (χ1n) is 14.3. The second-order valence-corrected chi connectivity index (χ2v) is 10.6. The van der Waals surface area contributed by atoms with Crippen molar-refractivity contribution in [1.29, 1.82) is 0 Å². The molecule has 0 aliphatic carbocycles. The topological polar surface area (TPSA) is 6.48 Å². The van der Waals surface area contributed by atoms with Gasteiger partial charge in [0.1, 0.15) is 0 Å². The fraction of sp³-hybridized carbons (Fsp3) is 0.0500. The van der Waals surface area contributed by atoms with Crippen LogP contribution in [0, 0.1) is 13.8 Å². The van der Waals surface area contributed by atoms with Crippen LogP contribution in [-0.4, -0.2) is 0 Å². The summed E-state index contributed by atoms with van der Waals surface area (Å²) in [4.78, 5) is 4.60. The molecule has 6 aromatic rings. The van der Waals surface area contributed by atoms with E-state index in [4.69, 9.17) is 0 Å². The number of rotatable bonds is 8. The molecular weight excluding hydrogens is 508 g/mol. The van der Waals surface area contributed by atoms with Gasteiger partial charge in [-0.3, -0.25) is 0 Å². The Balaban J connectivity index is 1.32. The maximum absolute atomic E-state index is 3.90. The molecule has 0 amide bonds. The van der Waals surface area contributed by atoms with Crippen molar-refractivity contribution in [3.63, 3.8) is 0 Å². The zero-order chi connectivity index (χ0) is 28.9. The highest BCUT2D eigenvalue weighted by Crippen LogP contribution is 2.38. The Labute approximate surface area is 249 Å². The van der Waals surface area contributed by atoms with Gasteiger partial charge in [-0.2, -0.15) is 0 Å². The summed E-state index contributed by atoms with van der Waals surface area (Å²) in [5.41, 5.74) is 12.7. The van der Waals surface area contributed by atoms with Gasteiger partial charge < -0.3 is 9.80 Å². The lowest BCUT2D eigenvalue weighted by atomic mass is 10.0. The molecule has 0 aliphatic rings. The van der Waals surface area contributed by atoms with Crippen molar-refractivity contribution in [2.75, 3.05) is 9.80 Å². The minimum atomic E-state index is 1.11. The highest BCUT2D eigenvalue weighted by Gasteiger charge is 2.15. The number of anilines is 6. The predicted molar refractivity (Wildman–Crippen MR) is 181 cm³/mol. The second-order valence-electron chi connectivity index (χ2n) is 10.6. The summed E-state index contributed by atoms with van der Waals surface area (Å²) in [6, 6.07) is 54.0. The maximum atomic E-state index is 3.90. The third-order valence-corrected chi connectivity index (χ3v) is 7.51. The van der Waals surface area contributed by atoms with Gasteiger partial charge in [-0.15, -0.1) is 0 Å². The minimum absolute atomic E-state index is 1.11. The van der Waals surface area contributed by atoms with Gasteiger partial charge in [-0.1, -0.05) is 91.5 Å². The number of benzene rings is 6. The predicted octanol–water partition coefficient (Wildman–Crippen LogP) is 11.6. The molecule has 0 unspecified atom stereocenters. The lowest BCUT2D eigenvalue weighted by Crippen LogP contribution is -2.10. The molecule has 42 heavy (non-hydrogen) atoms. The van der Waals surface area contributed by atoms with E-state index in [1.165, 1.54) is 22.3 Å². The highest BCUT2D eigenvalue weighted by molar-refractivity contribution is 5.81. The molecule has 0 spiro atoms. The van der Waals surface area contributed by atoms with Crippen LogP contribution in [0.15, 0.2) is 158 Å². The largest absolute Gasteiger partial charge is 0.310 e. The Morgan fingerprint density at radius 2 is 0.786 bits per heavy atom. The van der Waals surface area contributed by atoms with Crippen molar-refractivity contribution in [3.8, 4) is 11.1 Å². The Morgan fingerprint density at radius 3 is 1.19 bits per heavy atom. The molecule has 6 aromatic carbocycles. The van der Waals surface area contributed by atoms with Crippen molar-refractivity contribution >= 4 is 40.2 Å². The van der Waals surface area contributed by atoms with Crippen LogP contribution in [0.1, 0.15) is 16.7 Å². The van der Waals surface area contributed by atoms with Gasteiger partial charge in [-0.25, -0.2) is 0 Å². The molecule has 0 radical (unpaired) electrons. The summed E-state index contributed by atoms with van der Waals surface area (Å²) in [7, 11) is 0. The van der Waals surface area contributed by atoms with Crippen molar-refractivity contribution in [2.45, 2.75) is 13.8 Å². The zero-order valence-corrected chi connectivity index (χ0v) is 24.1. The van der Waals surface area contributed by atoms with Crippen molar-refractivity contribution < 1.29 is 0 Å².